The van der Waals surface area contributed by atoms with E-state index < -0.39 is 21.4 Å². The van der Waals surface area contributed by atoms with Gasteiger partial charge in [-0.05, 0) is 13.3 Å². The lowest BCUT2D eigenvalue weighted by molar-refractivity contribution is 0.0980. The van der Waals surface area contributed by atoms with Crippen LogP contribution in [0.5, 0.6) is 0 Å². The summed E-state index contributed by atoms with van der Waals surface area (Å²) in [7, 11) is -3.66. The Hall–Kier alpha value is -1.63. The zero-order valence-corrected chi connectivity index (χ0v) is 10.4. The number of aromatic nitrogens is 1. The van der Waals surface area contributed by atoms with E-state index in [1.807, 2.05) is 4.72 Å². The summed E-state index contributed by atoms with van der Waals surface area (Å²) in [5.74, 6) is -1.05. The van der Waals surface area contributed by atoms with Crippen molar-refractivity contribution in [3.05, 3.63) is 33.7 Å². The summed E-state index contributed by atoms with van der Waals surface area (Å²) in [5.41, 5.74) is -0.122. The molecule has 0 aliphatic carbocycles. The van der Waals surface area contributed by atoms with Crippen LogP contribution < -0.4 is 10.2 Å². The number of nitrogens with one attached hydrogen (secondary N) is 2. The SMILES string of the molecule is CCCS(=O)(=O)NC(=O)c1c[nH]c(C)cc1=O. The number of carbonyl (C=O) groups is 1. The first-order chi connectivity index (χ1) is 7.85. The molecule has 0 spiro atoms. The predicted octanol–water partition coefficient (Wildman–Crippen LogP) is 0.153. The molecule has 0 atom stereocenters. The van der Waals surface area contributed by atoms with E-state index in [9.17, 15) is 18.0 Å². The van der Waals surface area contributed by atoms with Gasteiger partial charge in [-0.3, -0.25) is 9.59 Å². The first kappa shape index (κ1) is 13.4. The Morgan fingerprint density at radius 1 is 1.47 bits per heavy atom. The molecule has 94 valence electrons. The van der Waals surface area contributed by atoms with Gasteiger partial charge in [-0.25, -0.2) is 13.1 Å². The molecule has 0 fully saturated rings. The Bertz CT molecular complexity index is 574. The van der Waals surface area contributed by atoms with Crippen LogP contribution in [0.25, 0.3) is 0 Å². The van der Waals surface area contributed by atoms with Crippen LogP contribution in [0.15, 0.2) is 17.1 Å². The average Bonchev–Trinajstić information content (AvgIpc) is 2.15. The summed E-state index contributed by atoms with van der Waals surface area (Å²) >= 11 is 0. The highest BCUT2D eigenvalue weighted by Gasteiger charge is 2.17. The zero-order valence-electron chi connectivity index (χ0n) is 9.61. The molecule has 1 aromatic heterocycles. The quantitative estimate of drug-likeness (QED) is 0.803. The molecule has 0 saturated heterocycles. The predicted molar refractivity (Wildman–Crippen MR) is 63.3 cm³/mol. The number of hydrogen-bond donors (Lipinski definition) is 2. The molecule has 1 amide bonds. The molecule has 17 heavy (non-hydrogen) atoms. The molecule has 6 nitrogen and oxygen atoms in total. The maximum Gasteiger partial charge on any atom is 0.270 e. The van der Waals surface area contributed by atoms with Gasteiger partial charge in [-0.1, -0.05) is 6.92 Å². The maximum atomic E-state index is 11.6. The summed E-state index contributed by atoms with van der Waals surface area (Å²) in [4.78, 5) is 25.7. The summed E-state index contributed by atoms with van der Waals surface area (Å²) < 4.78 is 24.5. The minimum absolute atomic E-state index is 0.150. The third-order valence-electron chi connectivity index (χ3n) is 2.02. The van der Waals surface area contributed by atoms with E-state index in [0.717, 1.165) is 0 Å². The lowest BCUT2D eigenvalue weighted by Crippen LogP contribution is -2.35. The van der Waals surface area contributed by atoms with Crippen molar-refractivity contribution in [2.24, 2.45) is 0 Å². The number of amides is 1. The molecular weight excluding hydrogens is 244 g/mol. The van der Waals surface area contributed by atoms with Gasteiger partial charge in [0.2, 0.25) is 10.0 Å². The molecule has 0 aliphatic rings. The molecule has 7 heteroatoms. The highest BCUT2D eigenvalue weighted by Crippen LogP contribution is 1.95. The topological polar surface area (TPSA) is 96.1 Å². The van der Waals surface area contributed by atoms with Crippen LogP contribution >= 0.6 is 0 Å². The van der Waals surface area contributed by atoms with Crippen molar-refractivity contribution in [3.8, 4) is 0 Å². The zero-order chi connectivity index (χ0) is 13.1. The van der Waals surface area contributed by atoms with E-state index >= 15 is 0 Å². The van der Waals surface area contributed by atoms with Crippen molar-refractivity contribution in [1.29, 1.82) is 0 Å². The van der Waals surface area contributed by atoms with Gasteiger partial charge in [0.1, 0.15) is 5.56 Å². The summed E-state index contributed by atoms with van der Waals surface area (Å²) in [6, 6.07) is 1.24. The molecule has 0 radical (unpaired) electrons. The second-order valence-electron chi connectivity index (χ2n) is 3.64. The number of H-pyrrole nitrogens is 1. The first-order valence-corrected chi connectivity index (χ1v) is 6.75. The van der Waals surface area contributed by atoms with E-state index in [4.69, 9.17) is 0 Å². The minimum Gasteiger partial charge on any atom is -0.364 e. The van der Waals surface area contributed by atoms with Gasteiger partial charge in [-0.15, -0.1) is 0 Å². The maximum absolute atomic E-state index is 11.6. The van der Waals surface area contributed by atoms with Crippen LogP contribution in [-0.4, -0.2) is 25.1 Å². The van der Waals surface area contributed by atoms with Gasteiger partial charge in [-0.2, -0.15) is 0 Å². The van der Waals surface area contributed by atoms with E-state index in [2.05, 4.69) is 4.98 Å². The number of aromatic amines is 1. The van der Waals surface area contributed by atoms with Crippen LogP contribution in [-0.2, 0) is 10.0 Å². The number of pyridine rings is 1. The summed E-state index contributed by atoms with van der Waals surface area (Å²) in [6.45, 7) is 3.35. The number of carbonyl (C=O) groups excluding carboxylic acids is 1. The number of sulfonamides is 1. The Morgan fingerprint density at radius 3 is 2.65 bits per heavy atom. The Labute approximate surface area is 99.1 Å². The van der Waals surface area contributed by atoms with Crippen LogP contribution in [0.4, 0.5) is 0 Å². The van der Waals surface area contributed by atoms with Gasteiger partial charge in [0, 0.05) is 18.0 Å². The van der Waals surface area contributed by atoms with Crippen molar-refractivity contribution in [2.45, 2.75) is 20.3 Å². The fourth-order valence-corrected chi connectivity index (χ4v) is 2.30. The third kappa shape index (κ3) is 3.70. The fraction of sp³-hybridized carbons (Fsp3) is 0.400. The van der Waals surface area contributed by atoms with Crippen LogP contribution in [0, 0.1) is 6.92 Å². The Morgan fingerprint density at radius 2 is 2.12 bits per heavy atom. The Kier molecular flexibility index (Phi) is 4.06. The van der Waals surface area contributed by atoms with Crippen molar-refractivity contribution in [2.75, 3.05) is 5.75 Å². The lowest BCUT2D eigenvalue weighted by Gasteiger charge is -2.05. The van der Waals surface area contributed by atoms with Crippen molar-refractivity contribution >= 4 is 15.9 Å². The van der Waals surface area contributed by atoms with Crippen LogP contribution in [0.3, 0.4) is 0 Å². The highest BCUT2D eigenvalue weighted by molar-refractivity contribution is 7.90. The molecule has 0 saturated carbocycles. The molecule has 0 aliphatic heterocycles. The van der Waals surface area contributed by atoms with Crippen molar-refractivity contribution in [3.63, 3.8) is 0 Å². The van der Waals surface area contributed by atoms with Gasteiger partial charge in [0.05, 0.1) is 5.75 Å². The third-order valence-corrected chi connectivity index (χ3v) is 3.47. The molecule has 0 bridgehead atoms. The number of rotatable bonds is 4. The molecule has 0 aromatic carbocycles. The van der Waals surface area contributed by atoms with E-state index in [1.54, 1.807) is 13.8 Å². The number of hydrogen-bond acceptors (Lipinski definition) is 4. The van der Waals surface area contributed by atoms with Gasteiger partial charge in [0.15, 0.2) is 5.43 Å². The van der Waals surface area contributed by atoms with Crippen LogP contribution in [0.2, 0.25) is 0 Å². The second kappa shape index (κ2) is 5.13. The molecule has 1 rings (SSSR count). The smallest absolute Gasteiger partial charge is 0.270 e. The molecular formula is C10H14N2O4S. The standard InChI is InChI=1S/C10H14N2O4S/c1-3-4-17(15,16)12-10(14)8-6-11-7(2)5-9(8)13/h5-6H,3-4H2,1-2H3,(H,11,13)(H,12,14). The average molecular weight is 258 g/mol. The molecule has 2 N–H and O–H groups in total. The largest absolute Gasteiger partial charge is 0.364 e. The highest BCUT2D eigenvalue weighted by atomic mass is 32.2. The first-order valence-electron chi connectivity index (χ1n) is 5.10. The van der Waals surface area contributed by atoms with E-state index in [-0.39, 0.29) is 11.3 Å². The molecule has 1 aromatic rings. The monoisotopic (exact) mass is 258 g/mol. The van der Waals surface area contributed by atoms with Gasteiger partial charge >= 0.3 is 0 Å². The lowest BCUT2D eigenvalue weighted by atomic mass is 10.2. The molecule has 0 unspecified atom stereocenters. The Balaban J connectivity index is 2.95. The summed E-state index contributed by atoms with van der Waals surface area (Å²) in [5, 5.41) is 0. The number of aryl methyl sites for hydroxylation is 1. The van der Waals surface area contributed by atoms with Crippen LogP contribution in [0.1, 0.15) is 29.4 Å². The van der Waals surface area contributed by atoms with Crippen molar-refractivity contribution in [1.82, 2.24) is 9.71 Å². The van der Waals surface area contributed by atoms with E-state index in [0.29, 0.717) is 12.1 Å². The van der Waals surface area contributed by atoms with Gasteiger partial charge < -0.3 is 4.98 Å². The van der Waals surface area contributed by atoms with Crippen molar-refractivity contribution < 1.29 is 13.2 Å². The normalized spacial score (nSPS) is 11.2. The minimum atomic E-state index is -3.66. The molecule has 1 heterocycles. The van der Waals surface area contributed by atoms with E-state index in [1.165, 1.54) is 12.3 Å². The second-order valence-corrected chi connectivity index (χ2v) is 5.49. The fourth-order valence-electron chi connectivity index (χ4n) is 1.27. The summed E-state index contributed by atoms with van der Waals surface area (Å²) in [6.07, 6.45) is 1.60. The van der Waals surface area contributed by atoms with Gasteiger partial charge in [0.25, 0.3) is 5.91 Å².